The Labute approximate surface area is 189 Å². The molecular formula is C25H30N4O3. The van der Waals surface area contributed by atoms with E-state index in [0.717, 1.165) is 23.4 Å². The first-order chi connectivity index (χ1) is 15.5. The van der Waals surface area contributed by atoms with Crippen LogP contribution in [-0.4, -0.2) is 37.6 Å². The van der Waals surface area contributed by atoms with E-state index in [-0.39, 0.29) is 11.8 Å². The summed E-state index contributed by atoms with van der Waals surface area (Å²) in [6.07, 6.45) is 2.58. The standard InChI is InChI=1S/C25H30N4O3/c1-18(2)14-29(17-30)23-22(25(31)26-3)16-28(15-19-10-12-21(32-4)13-11-19)24(23)27-20-8-6-5-7-9-20/h5-13,16-18,27H,14-15H2,1-4H3,(H,26,31). The van der Waals surface area contributed by atoms with Crippen LogP contribution >= 0.6 is 0 Å². The molecule has 0 atom stereocenters. The number of para-hydroxylation sites is 1. The lowest BCUT2D eigenvalue weighted by molar-refractivity contribution is -0.107. The summed E-state index contributed by atoms with van der Waals surface area (Å²) in [5, 5.41) is 6.13. The highest BCUT2D eigenvalue weighted by atomic mass is 16.5. The third kappa shape index (κ3) is 5.29. The number of nitrogens with zero attached hydrogens (tertiary/aromatic N) is 2. The highest BCUT2D eigenvalue weighted by molar-refractivity contribution is 6.05. The van der Waals surface area contributed by atoms with Crippen LogP contribution in [0.1, 0.15) is 29.8 Å². The van der Waals surface area contributed by atoms with E-state index in [1.165, 1.54) is 0 Å². The van der Waals surface area contributed by atoms with Gasteiger partial charge < -0.3 is 24.8 Å². The number of benzene rings is 2. The van der Waals surface area contributed by atoms with Crippen molar-refractivity contribution in [1.29, 1.82) is 0 Å². The van der Waals surface area contributed by atoms with Crippen molar-refractivity contribution in [3.05, 3.63) is 71.9 Å². The Morgan fingerprint density at radius 2 is 1.81 bits per heavy atom. The van der Waals surface area contributed by atoms with Gasteiger partial charge in [-0.3, -0.25) is 9.59 Å². The third-order valence-corrected chi connectivity index (χ3v) is 5.05. The smallest absolute Gasteiger partial charge is 0.254 e. The molecule has 0 aliphatic rings. The van der Waals surface area contributed by atoms with Gasteiger partial charge in [0.1, 0.15) is 11.6 Å². The molecule has 7 heteroatoms. The largest absolute Gasteiger partial charge is 0.497 e. The number of methoxy groups -OCH3 is 1. The van der Waals surface area contributed by atoms with Crippen molar-refractivity contribution >= 4 is 29.5 Å². The lowest BCUT2D eigenvalue weighted by Gasteiger charge is -2.23. The van der Waals surface area contributed by atoms with Gasteiger partial charge in [0.15, 0.2) is 0 Å². The molecule has 3 rings (SSSR count). The van der Waals surface area contributed by atoms with Crippen LogP contribution in [0.25, 0.3) is 0 Å². The predicted octanol–water partition coefficient (Wildman–Crippen LogP) is 4.27. The number of amides is 2. The fraction of sp³-hybridized carbons (Fsp3) is 0.280. The van der Waals surface area contributed by atoms with Crippen LogP contribution in [0.3, 0.4) is 0 Å². The Kier molecular flexibility index (Phi) is 7.54. The first-order valence-electron chi connectivity index (χ1n) is 10.6. The van der Waals surface area contributed by atoms with Gasteiger partial charge in [0.05, 0.1) is 18.4 Å². The molecule has 32 heavy (non-hydrogen) atoms. The highest BCUT2D eigenvalue weighted by Gasteiger charge is 2.26. The Morgan fingerprint density at radius 1 is 1.12 bits per heavy atom. The van der Waals surface area contributed by atoms with E-state index in [0.29, 0.717) is 30.2 Å². The average molecular weight is 435 g/mol. The Morgan fingerprint density at radius 3 is 2.38 bits per heavy atom. The topological polar surface area (TPSA) is 75.6 Å². The third-order valence-electron chi connectivity index (χ3n) is 5.05. The maximum absolute atomic E-state index is 12.8. The number of carbonyl (C=O) groups excluding carboxylic acids is 2. The normalized spacial score (nSPS) is 10.7. The molecule has 2 amide bonds. The van der Waals surface area contributed by atoms with Crippen LogP contribution in [0.15, 0.2) is 60.8 Å². The van der Waals surface area contributed by atoms with Gasteiger partial charge in [-0.1, -0.05) is 44.2 Å². The van der Waals surface area contributed by atoms with Crippen molar-refractivity contribution in [1.82, 2.24) is 9.88 Å². The van der Waals surface area contributed by atoms with Gasteiger partial charge in [-0.15, -0.1) is 0 Å². The second kappa shape index (κ2) is 10.5. The number of rotatable bonds is 10. The van der Waals surface area contributed by atoms with Gasteiger partial charge in [0.2, 0.25) is 6.41 Å². The Hall–Kier alpha value is -3.74. The minimum absolute atomic E-state index is 0.229. The minimum Gasteiger partial charge on any atom is -0.497 e. The summed E-state index contributed by atoms with van der Waals surface area (Å²) in [5.41, 5.74) is 2.90. The maximum Gasteiger partial charge on any atom is 0.254 e. The van der Waals surface area contributed by atoms with Crippen molar-refractivity contribution < 1.29 is 14.3 Å². The summed E-state index contributed by atoms with van der Waals surface area (Å²) in [4.78, 5) is 26.5. The number of hydrogen-bond donors (Lipinski definition) is 2. The molecule has 168 valence electrons. The molecule has 0 radical (unpaired) electrons. The number of nitrogens with one attached hydrogen (secondary N) is 2. The molecule has 0 aliphatic heterocycles. The minimum atomic E-state index is -0.250. The van der Waals surface area contributed by atoms with E-state index < -0.39 is 0 Å². The summed E-state index contributed by atoms with van der Waals surface area (Å²) >= 11 is 0. The van der Waals surface area contributed by atoms with E-state index >= 15 is 0 Å². The molecule has 0 fully saturated rings. The Bertz CT molecular complexity index is 1040. The molecule has 0 spiro atoms. The number of anilines is 3. The van der Waals surface area contributed by atoms with Crippen molar-refractivity contribution in [2.75, 3.05) is 30.9 Å². The van der Waals surface area contributed by atoms with Gasteiger partial charge in [0.25, 0.3) is 5.91 Å². The average Bonchev–Trinajstić information content (AvgIpc) is 3.15. The molecule has 7 nitrogen and oxygen atoms in total. The zero-order chi connectivity index (χ0) is 23.1. The van der Waals surface area contributed by atoms with Crippen LogP contribution in [0.5, 0.6) is 5.75 Å². The summed E-state index contributed by atoms with van der Waals surface area (Å²) in [7, 11) is 3.22. The van der Waals surface area contributed by atoms with Crippen molar-refractivity contribution in [3.63, 3.8) is 0 Å². The van der Waals surface area contributed by atoms with Crippen LogP contribution in [0.4, 0.5) is 17.2 Å². The van der Waals surface area contributed by atoms with Crippen molar-refractivity contribution in [3.8, 4) is 5.75 Å². The van der Waals surface area contributed by atoms with Gasteiger partial charge in [-0.25, -0.2) is 0 Å². The monoisotopic (exact) mass is 434 g/mol. The van der Waals surface area contributed by atoms with Crippen molar-refractivity contribution in [2.45, 2.75) is 20.4 Å². The van der Waals surface area contributed by atoms with E-state index in [1.807, 2.05) is 73.0 Å². The highest BCUT2D eigenvalue weighted by Crippen LogP contribution is 2.35. The zero-order valence-corrected chi connectivity index (χ0v) is 19.0. The quantitative estimate of drug-likeness (QED) is 0.468. The van der Waals surface area contributed by atoms with E-state index in [2.05, 4.69) is 10.6 Å². The number of aromatic nitrogens is 1. The molecule has 0 saturated carbocycles. The van der Waals surface area contributed by atoms with Gasteiger partial charge >= 0.3 is 0 Å². The van der Waals surface area contributed by atoms with E-state index in [1.54, 1.807) is 25.3 Å². The van der Waals surface area contributed by atoms with E-state index in [9.17, 15) is 9.59 Å². The second-order valence-corrected chi connectivity index (χ2v) is 7.94. The first-order valence-corrected chi connectivity index (χ1v) is 10.6. The number of ether oxygens (including phenoxy) is 1. The first kappa shape index (κ1) is 22.9. The Balaban J connectivity index is 2.14. The van der Waals surface area contributed by atoms with Crippen LogP contribution < -0.4 is 20.3 Å². The lowest BCUT2D eigenvalue weighted by Crippen LogP contribution is -2.29. The molecule has 3 aromatic rings. The van der Waals surface area contributed by atoms with Gasteiger partial charge in [-0.2, -0.15) is 0 Å². The molecule has 0 saturated heterocycles. The van der Waals surface area contributed by atoms with Crippen LogP contribution in [0, 0.1) is 5.92 Å². The fourth-order valence-electron chi connectivity index (χ4n) is 3.56. The number of hydrogen-bond acceptors (Lipinski definition) is 4. The molecule has 0 aliphatic carbocycles. The lowest BCUT2D eigenvalue weighted by atomic mass is 10.1. The SMILES string of the molecule is CNC(=O)c1cn(Cc2ccc(OC)cc2)c(Nc2ccccc2)c1N(C=O)CC(C)C. The van der Waals surface area contributed by atoms with Gasteiger partial charge in [0, 0.05) is 32.0 Å². The second-order valence-electron chi connectivity index (χ2n) is 7.94. The van der Waals surface area contributed by atoms with E-state index in [4.69, 9.17) is 4.74 Å². The molecule has 2 aromatic carbocycles. The fourth-order valence-corrected chi connectivity index (χ4v) is 3.56. The summed E-state index contributed by atoms with van der Waals surface area (Å²) in [5.74, 6) is 1.44. The molecule has 1 aromatic heterocycles. The summed E-state index contributed by atoms with van der Waals surface area (Å²) in [6.45, 7) is 5.07. The van der Waals surface area contributed by atoms with Gasteiger partial charge in [-0.05, 0) is 35.7 Å². The zero-order valence-electron chi connectivity index (χ0n) is 19.0. The molecule has 2 N–H and O–H groups in total. The van der Waals surface area contributed by atoms with Crippen molar-refractivity contribution in [2.24, 2.45) is 5.92 Å². The molecule has 0 bridgehead atoms. The molecule has 0 unspecified atom stereocenters. The van der Waals surface area contributed by atoms with Crippen LogP contribution in [-0.2, 0) is 11.3 Å². The maximum atomic E-state index is 12.8. The number of carbonyl (C=O) groups is 2. The summed E-state index contributed by atoms with van der Waals surface area (Å²) in [6, 6.07) is 17.5. The van der Waals surface area contributed by atoms with Crippen LogP contribution in [0.2, 0.25) is 0 Å². The molecule has 1 heterocycles. The molecular weight excluding hydrogens is 404 g/mol. The summed E-state index contributed by atoms with van der Waals surface area (Å²) < 4.78 is 7.22. The predicted molar refractivity (Wildman–Crippen MR) is 128 cm³/mol.